The van der Waals surface area contributed by atoms with E-state index in [1.807, 2.05) is 78.9 Å². The van der Waals surface area contributed by atoms with Gasteiger partial charge in [-0.05, 0) is 131 Å². The Morgan fingerprint density at radius 2 is 1.07 bits per heavy atom. The summed E-state index contributed by atoms with van der Waals surface area (Å²) in [5.74, 6) is 21.1. The lowest BCUT2D eigenvalue weighted by molar-refractivity contribution is -0.137. The number of rotatable bonds is 1. The van der Waals surface area contributed by atoms with E-state index in [2.05, 4.69) is 41.6 Å². The van der Waals surface area contributed by atoms with Crippen LogP contribution in [0.3, 0.4) is 0 Å². The molecule has 0 N–H and O–H groups in total. The Balaban J connectivity index is 1.27. The third-order valence-corrected chi connectivity index (χ3v) is 9.10. The summed E-state index contributed by atoms with van der Waals surface area (Å²) in [5.41, 5.74) is 5.65. The van der Waals surface area contributed by atoms with E-state index in [1.54, 1.807) is 31.4 Å². The number of nitrogens with zero attached hydrogens (tertiary/aromatic N) is 1. The van der Waals surface area contributed by atoms with Gasteiger partial charge in [-0.1, -0.05) is 53.7 Å². The minimum absolute atomic E-state index is 0.0370. The highest BCUT2D eigenvalue weighted by atomic mass is 19.4. The summed E-state index contributed by atoms with van der Waals surface area (Å²) in [7, 11) is 1.63. The van der Waals surface area contributed by atoms with Crippen molar-refractivity contribution in [1.29, 1.82) is 5.26 Å². The van der Waals surface area contributed by atoms with Gasteiger partial charge >= 0.3 is 6.18 Å². The zero-order chi connectivity index (χ0) is 37.9. The monoisotopic (exact) mass is 721 g/mol. The second-order valence-electron chi connectivity index (χ2n) is 12.6. The van der Waals surface area contributed by atoms with E-state index >= 15 is 0 Å². The minimum Gasteiger partial charge on any atom is -0.497 e. The van der Waals surface area contributed by atoms with Crippen molar-refractivity contribution >= 4 is 21.5 Å². The standard InChI is InChI=1S/C48H26F3NO3/c1-53-41-21-13-33(14-22-41)3-6-34-15-23-42-37(26-34)18-25-44-45(42)46-43-24-16-35(7-2-32-11-19-40(20-12-32)48(49,50)51)27-39(43)28-38(47(46)55-30-54-44)17-10-31-4-8-36(29-52)9-5-31/h4-5,8-9,11-16,18-28H,30H2,1H3. The molecule has 0 aromatic heterocycles. The average Bonchev–Trinajstić information content (AvgIpc) is 3.41. The zero-order valence-electron chi connectivity index (χ0n) is 29.1. The first-order valence-corrected chi connectivity index (χ1v) is 17.1. The molecule has 7 aromatic carbocycles. The molecule has 55 heavy (non-hydrogen) atoms. The fourth-order valence-electron chi connectivity index (χ4n) is 6.35. The zero-order valence-corrected chi connectivity index (χ0v) is 29.1. The molecule has 1 heterocycles. The fraction of sp³-hybridized carbons (Fsp3) is 0.0625. The number of halogens is 3. The lowest BCUT2D eigenvalue weighted by atomic mass is 9.89. The van der Waals surface area contributed by atoms with Gasteiger partial charge in [-0.15, -0.1) is 0 Å². The second kappa shape index (κ2) is 14.4. The molecule has 0 saturated carbocycles. The van der Waals surface area contributed by atoms with Gasteiger partial charge in [0.15, 0.2) is 0 Å². The van der Waals surface area contributed by atoms with Crippen molar-refractivity contribution in [2.75, 3.05) is 13.9 Å². The predicted molar refractivity (Wildman–Crippen MR) is 207 cm³/mol. The van der Waals surface area contributed by atoms with E-state index in [0.29, 0.717) is 33.8 Å². The SMILES string of the molecule is COc1ccc(C#Cc2ccc3c4c(ccc3c2)OCOc2c(C#Cc3ccc(C#N)cc3)cc3cc(C#Cc5ccc(C(F)(F)F)cc5)ccc3c2-4)cc1. The molecule has 1 aliphatic rings. The molecule has 0 amide bonds. The van der Waals surface area contributed by atoms with Gasteiger partial charge in [-0.2, -0.15) is 18.4 Å². The van der Waals surface area contributed by atoms with Crippen LogP contribution in [0, 0.1) is 46.9 Å². The lowest BCUT2D eigenvalue weighted by Gasteiger charge is -2.16. The maximum absolute atomic E-state index is 13.1. The number of ether oxygens (including phenoxy) is 3. The number of fused-ring (bicyclic) bond motifs is 7. The van der Waals surface area contributed by atoms with Gasteiger partial charge in [0.05, 0.1) is 29.9 Å². The molecule has 0 atom stereocenters. The molecule has 4 nitrogen and oxygen atoms in total. The average molecular weight is 722 g/mol. The van der Waals surface area contributed by atoms with E-state index in [-0.39, 0.29) is 6.79 Å². The van der Waals surface area contributed by atoms with Crippen LogP contribution in [0.1, 0.15) is 44.5 Å². The Hall–Kier alpha value is -7.58. The molecule has 0 spiro atoms. The van der Waals surface area contributed by atoms with E-state index in [1.165, 1.54) is 12.1 Å². The Morgan fingerprint density at radius 3 is 1.69 bits per heavy atom. The van der Waals surface area contributed by atoms with Crippen LogP contribution in [0.5, 0.6) is 17.2 Å². The van der Waals surface area contributed by atoms with Gasteiger partial charge in [-0.25, -0.2) is 0 Å². The van der Waals surface area contributed by atoms with E-state index in [4.69, 9.17) is 14.2 Å². The van der Waals surface area contributed by atoms with Crippen LogP contribution >= 0.6 is 0 Å². The number of hydrogen-bond donors (Lipinski definition) is 0. The van der Waals surface area contributed by atoms with Crippen molar-refractivity contribution in [3.05, 3.63) is 172 Å². The van der Waals surface area contributed by atoms with E-state index in [0.717, 1.165) is 67.2 Å². The molecule has 0 aliphatic carbocycles. The molecule has 0 fully saturated rings. The summed E-state index contributed by atoms with van der Waals surface area (Å²) >= 11 is 0. The highest BCUT2D eigenvalue weighted by Gasteiger charge is 2.30. The van der Waals surface area contributed by atoms with E-state index < -0.39 is 11.7 Å². The van der Waals surface area contributed by atoms with Crippen molar-refractivity contribution in [3.63, 3.8) is 0 Å². The Labute approximate surface area is 315 Å². The molecule has 0 radical (unpaired) electrons. The van der Waals surface area contributed by atoms with Crippen LogP contribution in [0.2, 0.25) is 0 Å². The Morgan fingerprint density at radius 1 is 0.545 bits per heavy atom. The van der Waals surface area contributed by atoms with Crippen molar-refractivity contribution in [2.45, 2.75) is 6.18 Å². The summed E-state index contributed by atoms with van der Waals surface area (Å²) in [6.07, 6.45) is -4.42. The van der Waals surface area contributed by atoms with Crippen molar-refractivity contribution < 1.29 is 27.4 Å². The largest absolute Gasteiger partial charge is 0.497 e. The molecule has 0 bridgehead atoms. The van der Waals surface area contributed by atoms with Crippen LogP contribution in [-0.4, -0.2) is 13.9 Å². The highest BCUT2D eigenvalue weighted by molar-refractivity contribution is 6.11. The van der Waals surface area contributed by atoms with Gasteiger partial charge < -0.3 is 14.2 Å². The maximum atomic E-state index is 13.1. The van der Waals surface area contributed by atoms with Gasteiger partial charge in [0.1, 0.15) is 17.2 Å². The lowest BCUT2D eigenvalue weighted by Crippen LogP contribution is -2.04. The summed E-state index contributed by atoms with van der Waals surface area (Å²) in [4.78, 5) is 0. The van der Waals surface area contributed by atoms with Crippen LogP contribution in [0.4, 0.5) is 13.2 Å². The van der Waals surface area contributed by atoms with Crippen LogP contribution in [0.25, 0.3) is 32.7 Å². The number of hydrogen-bond acceptors (Lipinski definition) is 4. The number of alkyl halides is 3. The first-order valence-electron chi connectivity index (χ1n) is 17.1. The molecule has 8 rings (SSSR count). The number of nitriles is 1. The van der Waals surface area contributed by atoms with E-state index in [9.17, 15) is 18.4 Å². The Bertz CT molecular complexity index is 2870. The first-order chi connectivity index (χ1) is 26.7. The molecule has 262 valence electrons. The van der Waals surface area contributed by atoms with Gasteiger partial charge in [0, 0.05) is 38.9 Å². The minimum atomic E-state index is -4.42. The predicted octanol–water partition coefficient (Wildman–Crippen LogP) is 10.5. The van der Waals surface area contributed by atoms with Crippen LogP contribution in [0.15, 0.2) is 127 Å². The van der Waals surface area contributed by atoms with Crippen molar-refractivity contribution in [1.82, 2.24) is 0 Å². The first kappa shape index (κ1) is 34.5. The third kappa shape index (κ3) is 7.25. The fourth-order valence-corrected chi connectivity index (χ4v) is 6.35. The molecule has 7 heteroatoms. The smallest absolute Gasteiger partial charge is 0.416 e. The third-order valence-electron chi connectivity index (χ3n) is 9.10. The molecular weight excluding hydrogens is 696 g/mol. The quantitative estimate of drug-likeness (QED) is 0.158. The second-order valence-corrected chi connectivity index (χ2v) is 12.6. The Kier molecular flexibility index (Phi) is 9.06. The van der Waals surface area contributed by atoms with Crippen LogP contribution in [-0.2, 0) is 6.18 Å². The summed E-state index contributed by atoms with van der Waals surface area (Å²) in [6.45, 7) is -0.0370. The van der Waals surface area contributed by atoms with Gasteiger partial charge in [0.2, 0.25) is 6.79 Å². The molecular formula is C48H26F3NO3. The highest BCUT2D eigenvalue weighted by Crippen LogP contribution is 2.48. The summed E-state index contributed by atoms with van der Waals surface area (Å²) in [6, 6.07) is 39.2. The maximum Gasteiger partial charge on any atom is 0.416 e. The molecule has 1 aliphatic heterocycles. The van der Waals surface area contributed by atoms with Crippen molar-refractivity contribution in [3.8, 4) is 70.0 Å². The summed E-state index contributed by atoms with van der Waals surface area (Å²) < 4.78 is 57.1. The molecule has 7 aromatic rings. The van der Waals surface area contributed by atoms with Gasteiger partial charge in [-0.3, -0.25) is 0 Å². The topological polar surface area (TPSA) is 51.5 Å². The molecule has 0 unspecified atom stereocenters. The number of benzene rings is 7. The normalized spacial score (nSPS) is 11.4. The van der Waals surface area contributed by atoms with Crippen molar-refractivity contribution in [2.24, 2.45) is 0 Å². The summed E-state index contributed by atoms with van der Waals surface area (Å²) in [5, 5.41) is 12.8. The number of methoxy groups -OCH3 is 1. The van der Waals surface area contributed by atoms with Gasteiger partial charge in [0.25, 0.3) is 0 Å². The molecule has 0 saturated heterocycles. The van der Waals surface area contributed by atoms with Crippen LogP contribution < -0.4 is 14.2 Å².